The number of carbonyl (C=O) groups excluding carboxylic acids is 1. The van der Waals surface area contributed by atoms with Crippen LogP contribution in [0.15, 0.2) is 36.4 Å². The fraction of sp³-hybridized carbons (Fsp3) is 0.316. The van der Waals surface area contributed by atoms with Crippen molar-refractivity contribution < 1.29 is 28.7 Å². The summed E-state index contributed by atoms with van der Waals surface area (Å²) < 4.78 is 21.3. The molecule has 3 rings (SSSR count). The third-order valence-electron chi connectivity index (χ3n) is 3.97. The lowest BCUT2D eigenvalue weighted by Gasteiger charge is -2.20. The van der Waals surface area contributed by atoms with E-state index in [9.17, 15) is 14.9 Å². The van der Waals surface area contributed by atoms with E-state index in [0.29, 0.717) is 22.6 Å². The molecule has 0 amide bonds. The van der Waals surface area contributed by atoms with Crippen LogP contribution in [-0.2, 0) is 27.5 Å². The van der Waals surface area contributed by atoms with Gasteiger partial charge >= 0.3 is 5.97 Å². The molecule has 8 nitrogen and oxygen atoms in total. The fourth-order valence-corrected chi connectivity index (χ4v) is 2.61. The van der Waals surface area contributed by atoms with E-state index >= 15 is 0 Å². The topological polar surface area (TPSA) is 97.1 Å². The predicted molar refractivity (Wildman–Crippen MR) is 94.5 cm³/mol. The molecule has 0 aromatic heterocycles. The maximum atomic E-state index is 11.9. The van der Waals surface area contributed by atoms with Crippen LogP contribution in [0.25, 0.3) is 0 Å². The van der Waals surface area contributed by atoms with Crippen LogP contribution in [0.1, 0.15) is 23.1 Å². The van der Waals surface area contributed by atoms with Crippen molar-refractivity contribution in [3.63, 3.8) is 0 Å². The van der Waals surface area contributed by atoms with Gasteiger partial charge in [-0.25, -0.2) is 0 Å². The van der Waals surface area contributed by atoms with Gasteiger partial charge in [0.2, 0.25) is 0 Å². The van der Waals surface area contributed by atoms with E-state index in [1.165, 1.54) is 12.1 Å². The second-order valence-corrected chi connectivity index (χ2v) is 6.03. The van der Waals surface area contributed by atoms with Crippen molar-refractivity contribution in [1.82, 2.24) is 0 Å². The highest BCUT2D eigenvalue weighted by molar-refractivity contribution is 5.69. The van der Waals surface area contributed by atoms with Crippen molar-refractivity contribution in [1.29, 1.82) is 0 Å². The highest BCUT2D eigenvalue weighted by Gasteiger charge is 2.21. The van der Waals surface area contributed by atoms with Gasteiger partial charge in [-0.15, -0.1) is 0 Å². The maximum absolute atomic E-state index is 11.9. The van der Waals surface area contributed by atoms with E-state index in [-0.39, 0.29) is 38.7 Å². The van der Waals surface area contributed by atoms with E-state index in [1.807, 2.05) is 31.2 Å². The van der Waals surface area contributed by atoms with Crippen LogP contribution in [0.4, 0.5) is 5.69 Å². The molecular formula is C19H19NO7. The van der Waals surface area contributed by atoms with Gasteiger partial charge in [-0.1, -0.05) is 17.7 Å². The number of carbonyl (C=O) groups is 1. The average molecular weight is 373 g/mol. The zero-order valence-corrected chi connectivity index (χ0v) is 14.8. The Morgan fingerprint density at radius 3 is 2.78 bits per heavy atom. The average Bonchev–Trinajstić information content (AvgIpc) is 2.67. The molecule has 0 spiro atoms. The van der Waals surface area contributed by atoms with Gasteiger partial charge < -0.3 is 18.9 Å². The molecule has 142 valence electrons. The normalized spacial score (nSPS) is 12.6. The Labute approximate surface area is 155 Å². The first-order chi connectivity index (χ1) is 13.0. The molecule has 0 aliphatic carbocycles. The molecule has 2 aromatic carbocycles. The number of nitro groups is 1. The third kappa shape index (κ3) is 4.95. The number of nitro benzene ring substituents is 1. The number of hydrogen-bond donors (Lipinski definition) is 0. The quantitative estimate of drug-likeness (QED) is 0.417. The van der Waals surface area contributed by atoms with E-state index in [1.54, 1.807) is 0 Å². The Morgan fingerprint density at radius 1 is 1.26 bits per heavy atom. The van der Waals surface area contributed by atoms with E-state index in [2.05, 4.69) is 0 Å². The van der Waals surface area contributed by atoms with Crippen LogP contribution in [0, 0.1) is 17.0 Å². The second-order valence-electron chi connectivity index (χ2n) is 6.03. The van der Waals surface area contributed by atoms with Gasteiger partial charge in [0, 0.05) is 23.3 Å². The van der Waals surface area contributed by atoms with Gasteiger partial charge in [-0.2, -0.15) is 0 Å². The number of rotatable bonds is 7. The molecule has 1 aliphatic rings. The molecule has 8 heteroatoms. The summed E-state index contributed by atoms with van der Waals surface area (Å²) in [6, 6.07) is 10.2. The van der Waals surface area contributed by atoms with E-state index < -0.39 is 10.9 Å². The third-order valence-corrected chi connectivity index (χ3v) is 3.97. The minimum absolute atomic E-state index is 0.0517. The summed E-state index contributed by atoms with van der Waals surface area (Å²) in [7, 11) is 0. The van der Waals surface area contributed by atoms with Gasteiger partial charge in [-0.3, -0.25) is 14.9 Å². The number of nitrogens with zero attached hydrogens (tertiary/aromatic N) is 1. The van der Waals surface area contributed by atoms with Crippen LogP contribution < -0.4 is 9.47 Å². The van der Waals surface area contributed by atoms with Crippen LogP contribution in [0.2, 0.25) is 0 Å². The Kier molecular flexibility index (Phi) is 5.87. The van der Waals surface area contributed by atoms with Gasteiger partial charge in [-0.05, 0) is 19.1 Å². The zero-order valence-electron chi connectivity index (χ0n) is 14.8. The van der Waals surface area contributed by atoms with Crippen molar-refractivity contribution in [2.45, 2.75) is 26.6 Å². The first-order valence-electron chi connectivity index (χ1n) is 8.39. The molecule has 1 heterocycles. The van der Waals surface area contributed by atoms with Crippen molar-refractivity contribution >= 4 is 11.7 Å². The van der Waals surface area contributed by atoms with Crippen LogP contribution in [0.5, 0.6) is 11.5 Å². The van der Waals surface area contributed by atoms with Gasteiger partial charge in [0.15, 0.2) is 6.79 Å². The predicted octanol–water partition coefficient (Wildman–Crippen LogP) is 3.28. The SMILES string of the molecule is Cc1ccc(OCCC(=O)OCc2cc([N+](=O)[O-])cc3c2OCOC3)cc1. The minimum Gasteiger partial charge on any atom is -0.493 e. The molecular weight excluding hydrogens is 354 g/mol. The number of benzene rings is 2. The number of fused-ring (bicyclic) bond motifs is 1. The van der Waals surface area contributed by atoms with Gasteiger partial charge in [0.05, 0.1) is 24.6 Å². The highest BCUT2D eigenvalue weighted by atomic mass is 16.7. The molecule has 27 heavy (non-hydrogen) atoms. The summed E-state index contributed by atoms with van der Waals surface area (Å²) in [5.74, 6) is 0.680. The first-order valence-corrected chi connectivity index (χ1v) is 8.39. The second kappa shape index (κ2) is 8.50. The van der Waals surface area contributed by atoms with Gasteiger partial charge in [0.25, 0.3) is 5.69 Å². The molecule has 0 unspecified atom stereocenters. The summed E-state index contributed by atoms with van der Waals surface area (Å²) in [4.78, 5) is 22.5. The molecule has 0 atom stereocenters. The van der Waals surface area contributed by atoms with Crippen molar-refractivity contribution in [2.75, 3.05) is 13.4 Å². The Bertz CT molecular complexity index is 833. The Hall–Kier alpha value is -3.13. The highest BCUT2D eigenvalue weighted by Crippen LogP contribution is 2.33. The molecule has 0 saturated heterocycles. The number of aryl methyl sites for hydroxylation is 1. The van der Waals surface area contributed by atoms with E-state index in [4.69, 9.17) is 18.9 Å². The lowest BCUT2D eigenvalue weighted by atomic mass is 10.1. The Morgan fingerprint density at radius 2 is 2.04 bits per heavy atom. The van der Waals surface area contributed by atoms with Gasteiger partial charge in [0.1, 0.15) is 18.1 Å². The lowest BCUT2D eigenvalue weighted by molar-refractivity contribution is -0.385. The lowest BCUT2D eigenvalue weighted by Crippen LogP contribution is -2.15. The van der Waals surface area contributed by atoms with Crippen molar-refractivity contribution in [3.05, 3.63) is 63.2 Å². The summed E-state index contributed by atoms with van der Waals surface area (Å²) in [6.07, 6.45) is 0.0644. The Balaban J connectivity index is 1.55. The fourth-order valence-electron chi connectivity index (χ4n) is 2.61. The molecule has 1 aliphatic heterocycles. The summed E-state index contributed by atoms with van der Waals surface area (Å²) in [6.45, 7) is 2.30. The van der Waals surface area contributed by atoms with Crippen LogP contribution in [-0.4, -0.2) is 24.3 Å². The summed E-state index contributed by atoms with van der Waals surface area (Å²) >= 11 is 0. The largest absolute Gasteiger partial charge is 0.493 e. The standard InChI is InChI=1S/C19H19NO7/c1-13-2-4-17(5-3-13)25-7-6-18(21)26-11-15-9-16(20(22)23)8-14-10-24-12-27-19(14)15/h2-5,8-9H,6-7,10-12H2,1H3. The number of non-ortho nitro benzene ring substituents is 1. The number of ether oxygens (including phenoxy) is 4. The smallest absolute Gasteiger partial charge is 0.309 e. The molecule has 0 fully saturated rings. The molecule has 0 bridgehead atoms. The number of hydrogen-bond acceptors (Lipinski definition) is 7. The van der Waals surface area contributed by atoms with Crippen molar-refractivity contribution in [2.24, 2.45) is 0 Å². The summed E-state index contributed by atoms with van der Waals surface area (Å²) in [5.41, 5.74) is 2.02. The monoisotopic (exact) mass is 373 g/mol. The van der Waals surface area contributed by atoms with Crippen LogP contribution in [0.3, 0.4) is 0 Å². The van der Waals surface area contributed by atoms with Crippen molar-refractivity contribution in [3.8, 4) is 11.5 Å². The van der Waals surface area contributed by atoms with E-state index in [0.717, 1.165) is 5.56 Å². The summed E-state index contributed by atoms with van der Waals surface area (Å²) in [5, 5.41) is 11.1. The molecule has 0 radical (unpaired) electrons. The molecule has 0 saturated carbocycles. The molecule has 2 aromatic rings. The molecule has 0 N–H and O–H groups in total. The minimum atomic E-state index is -0.504. The maximum Gasteiger partial charge on any atom is 0.309 e. The zero-order chi connectivity index (χ0) is 19.2. The first kappa shape index (κ1) is 18.7. The number of esters is 1. The van der Waals surface area contributed by atoms with Crippen LogP contribution >= 0.6 is 0 Å².